The number of unbranched alkanes of at least 4 members (excludes halogenated alkanes) is 2. The summed E-state index contributed by atoms with van der Waals surface area (Å²) in [6.45, 7) is 5.19. The Labute approximate surface area is 168 Å². The van der Waals surface area contributed by atoms with E-state index in [9.17, 15) is 13.2 Å². The van der Waals surface area contributed by atoms with E-state index >= 15 is 0 Å². The highest BCUT2D eigenvalue weighted by molar-refractivity contribution is 7.92. The van der Waals surface area contributed by atoms with E-state index in [0.29, 0.717) is 39.1 Å². The molecule has 0 spiro atoms. The molecule has 1 aromatic rings. The van der Waals surface area contributed by atoms with Crippen LogP contribution in [-0.2, 0) is 21.2 Å². The van der Waals surface area contributed by atoms with Gasteiger partial charge in [0.2, 0.25) is 5.91 Å². The number of hydrogen-bond donors (Lipinski definition) is 0. The SMILES string of the molecule is CCCCCS(=O)(=O)CC(=O)N1CCN(Cc2cc(OC)ccc2OC)CC1. The predicted molar refractivity (Wildman–Crippen MR) is 110 cm³/mol. The maximum absolute atomic E-state index is 12.4. The second-order valence-electron chi connectivity index (χ2n) is 7.13. The van der Waals surface area contributed by atoms with Crippen molar-refractivity contribution in [2.24, 2.45) is 0 Å². The molecule has 2 rings (SSSR count). The Hall–Kier alpha value is -1.80. The van der Waals surface area contributed by atoms with E-state index in [1.807, 2.05) is 25.1 Å². The van der Waals surface area contributed by atoms with Gasteiger partial charge in [0, 0.05) is 38.3 Å². The highest BCUT2D eigenvalue weighted by Gasteiger charge is 2.25. The maximum Gasteiger partial charge on any atom is 0.237 e. The molecule has 0 bridgehead atoms. The van der Waals surface area contributed by atoms with Crippen LogP contribution in [0.5, 0.6) is 11.5 Å². The van der Waals surface area contributed by atoms with Gasteiger partial charge in [-0.05, 0) is 24.6 Å². The van der Waals surface area contributed by atoms with E-state index in [0.717, 1.165) is 29.9 Å². The standard InChI is InChI=1S/C20H32N2O5S/c1-4-5-6-13-28(24,25)16-20(23)22-11-9-21(10-12-22)15-17-14-18(26-2)7-8-19(17)27-3/h7-8,14H,4-6,9-13,15-16H2,1-3H3. The van der Waals surface area contributed by atoms with E-state index in [-0.39, 0.29) is 17.4 Å². The second-order valence-corrected chi connectivity index (χ2v) is 9.32. The normalized spacial score (nSPS) is 15.5. The number of hydrogen-bond acceptors (Lipinski definition) is 6. The fraction of sp³-hybridized carbons (Fsp3) is 0.650. The zero-order valence-electron chi connectivity index (χ0n) is 17.1. The molecule has 1 aromatic carbocycles. The summed E-state index contributed by atoms with van der Waals surface area (Å²) in [6, 6.07) is 5.70. The van der Waals surface area contributed by atoms with Crippen LogP contribution in [0.3, 0.4) is 0 Å². The average Bonchev–Trinajstić information content (AvgIpc) is 2.68. The smallest absolute Gasteiger partial charge is 0.237 e. The van der Waals surface area contributed by atoms with Crippen molar-refractivity contribution >= 4 is 15.7 Å². The number of amides is 1. The summed E-state index contributed by atoms with van der Waals surface area (Å²) in [4.78, 5) is 16.3. The molecule has 1 fully saturated rings. The summed E-state index contributed by atoms with van der Waals surface area (Å²) in [5.41, 5.74) is 1.03. The Balaban J connectivity index is 1.86. The van der Waals surface area contributed by atoms with E-state index in [4.69, 9.17) is 9.47 Å². The number of ether oxygens (including phenoxy) is 2. The summed E-state index contributed by atoms with van der Waals surface area (Å²) in [6.07, 6.45) is 2.46. The molecule has 0 N–H and O–H groups in total. The molecule has 0 saturated carbocycles. The van der Waals surface area contributed by atoms with Crippen LogP contribution in [0.25, 0.3) is 0 Å². The zero-order valence-corrected chi connectivity index (χ0v) is 18.0. The third-order valence-electron chi connectivity index (χ3n) is 5.01. The Morgan fingerprint density at radius 2 is 1.79 bits per heavy atom. The summed E-state index contributed by atoms with van der Waals surface area (Å²) in [5, 5.41) is 0. The minimum absolute atomic E-state index is 0.0994. The molecular weight excluding hydrogens is 380 g/mol. The first-order valence-corrected chi connectivity index (χ1v) is 11.6. The molecule has 1 amide bonds. The van der Waals surface area contributed by atoms with Gasteiger partial charge in [0.05, 0.1) is 20.0 Å². The van der Waals surface area contributed by atoms with Crippen LogP contribution in [0.15, 0.2) is 18.2 Å². The number of sulfone groups is 1. The topological polar surface area (TPSA) is 76.2 Å². The lowest BCUT2D eigenvalue weighted by molar-refractivity contribution is -0.130. The van der Waals surface area contributed by atoms with Crippen molar-refractivity contribution in [2.75, 3.05) is 51.9 Å². The Morgan fingerprint density at radius 3 is 2.39 bits per heavy atom. The van der Waals surface area contributed by atoms with Crippen molar-refractivity contribution in [3.05, 3.63) is 23.8 Å². The largest absolute Gasteiger partial charge is 0.497 e. The fourth-order valence-electron chi connectivity index (χ4n) is 3.33. The Kier molecular flexibility index (Phi) is 8.57. The Morgan fingerprint density at radius 1 is 1.07 bits per heavy atom. The van der Waals surface area contributed by atoms with Crippen molar-refractivity contribution in [2.45, 2.75) is 32.7 Å². The molecule has 0 aromatic heterocycles. The van der Waals surface area contributed by atoms with Crippen molar-refractivity contribution in [1.82, 2.24) is 9.80 Å². The lowest BCUT2D eigenvalue weighted by atomic mass is 10.1. The minimum atomic E-state index is -3.32. The second kappa shape index (κ2) is 10.7. The first-order valence-electron chi connectivity index (χ1n) is 9.80. The van der Waals surface area contributed by atoms with Crippen LogP contribution >= 0.6 is 0 Å². The van der Waals surface area contributed by atoms with E-state index < -0.39 is 9.84 Å². The first-order chi connectivity index (χ1) is 13.4. The van der Waals surface area contributed by atoms with E-state index in [2.05, 4.69) is 4.90 Å². The van der Waals surface area contributed by atoms with Gasteiger partial charge >= 0.3 is 0 Å². The summed E-state index contributed by atoms with van der Waals surface area (Å²) in [7, 11) is -0.0434. The molecular formula is C20H32N2O5S. The van der Waals surface area contributed by atoms with Crippen LogP contribution in [0.1, 0.15) is 31.7 Å². The van der Waals surface area contributed by atoms with Gasteiger partial charge in [-0.1, -0.05) is 19.8 Å². The number of carbonyl (C=O) groups is 1. The number of benzene rings is 1. The summed E-state index contributed by atoms with van der Waals surface area (Å²) >= 11 is 0. The van der Waals surface area contributed by atoms with Crippen molar-refractivity contribution in [3.8, 4) is 11.5 Å². The summed E-state index contributed by atoms with van der Waals surface area (Å²) < 4.78 is 34.9. The van der Waals surface area contributed by atoms with Crippen LogP contribution in [0.4, 0.5) is 0 Å². The van der Waals surface area contributed by atoms with Crippen LogP contribution in [0, 0.1) is 0 Å². The zero-order chi connectivity index (χ0) is 20.6. The molecule has 1 aliphatic heterocycles. The van der Waals surface area contributed by atoms with Crippen LogP contribution in [-0.4, -0.2) is 76.0 Å². The molecule has 158 valence electrons. The number of rotatable bonds is 10. The molecule has 0 aliphatic carbocycles. The van der Waals surface area contributed by atoms with Crippen LogP contribution < -0.4 is 9.47 Å². The molecule has 0 unspecified atom stereocenters. The van der Waals surface area contributed by atoms with Gasteiger partial charge in [-0.2, -0.15) is 0 Å². The highest BCUT2D eigenvalue weighted by atomic mass is 32.2. The third kappa shape index (κ3) is 6.67. The lowest BCUT2D eigenvalue weighted by Gasteiger charge is -2.35. The van der Waals surface area contributed by atoms with Gasteiger partial charge < -0.3 is 14.4 Å². The van der Waals surface area contributed by atoms with Crippen molar-refractivity contribution in [3.63, 3.8) is 0 Å². The molecule has 0 atom stereocenters. The molecule has 1 saturated heterocycles. The number of carbonyl (C=O) groups excluding carboxylic acids is 1. The predicted octanol–water partition coefficient (Wildman–Crippen LogP) is 1.95. The van der Waals surface area contributed by atoms with Crippen molar-refractivity contribution in [1.29, 1.82) is 0 Å². The molecule has 7 nitrogen and oxygen atoms in total. The fourth-order valence-corrected chi connectivity index (χ4v) is 4.67. The van der Waals surface area contributed by atoms with Crippen LogP contribution in [0.2, 0.25) is 0 Å². The maximum atomic E-state index is 12.4. The van der Waals surface area contributed by atoms with E-state index in [1.54, 1.807) is 19.1 Å². The van der Waals surface area contributed by atoms with Gasteiger partial charge in [-0.3, -0.25) is 9.69 Å². The minimum Gasteiger partial charge on any atom is -0.497 e. The monoisotopic (exact) mass is 412 g/mol. The molecule has 28 heavy (non-hydrogen) atoms. The third-order valence-corrected chi connectivity index (χ3v) is 6.61. The molecule has 1 aliphatic rings. The average molecular weight is 413 g/mol. The highest BCUT2D eigenvalue weighted by Crippen LogP contribution is 2.25. The Bertz CT molecular complexity index is 743. The first kappa shape index (κ1) is 22.5. The van der Waals surface area contributed by atoms with E-state index in [1.165, 1.54) is 0 Å². The molecule has 1 heterocycles. The molecule has 0 radical (unpaired) electrons. The number of nitrogens with zero attached hydrogens (tertiary/aromatic N) is 2. The lowest BCUT2D eigenvalue weighted by Crippen LogP contribution is -2.49. The van der Waals surface area contributed by atoms with Crippen molar-refractivity contribution < 1.29 is 22.7 Å². The van der Waals surface area contributed by atoms with Gasteiger partial charge in [0.1, 0.15) is 17.3 Å². The van der Waals surface area contributed by atoms with Gasteiger partial charge in [0.25, 0.3) is 0 Å². The summed E-state index contributed by atoms with van der Waals surface area (Å²) in [5.74, 6) is 1.02. The number of methoxy groups -OCH3 is 2. The van der Waals surface area contributed by atoms with Gasteiger partial charge in [-0.25, -0.2) is 8.42 Å². The van der Waals surface area contributed by atoms with Gasteiger partial charge in [-0.15, -0.1) is 0 Å². The van der Waals surface area contributed by atoms with Gasteiger partial charge in [0.15, 0.2) is 9.84 Å². The molecule has 8 heteroatoms. The quantitative estimate of drug-likeness (QED) is 0.547. The number of piperazine rings is 1.